The number of rotatable bonds is 10. The number of carbonyl (C=O) groups excluding carboxylic acids is 1. The highest BCUT2D eigenvalue weighted by Gasteiger charge is 2.10. The lowest BCUT2D eigenvalue weighted by Crippen LogP contribution is -2.23. The molecular weight excluding hydrogens is 264 g/mol. The van der Waals surface area contributed by atoms with Crippen molar-refractivity contribution in [1.82, 2.24) is 4.90 Å². The van der Waals surface area contributed by atoms with Gasteiger partial charge >= 0.3 is 0 Å². The summed E-state index contributed by atoms with van der Waals surface area (Å²) < 4.78 is 5.52. The molecule has 0 amide bonds. The summed E-state index contributed by atoms with van der Waals surface area (Å²) in [5.74, 6) is 0.792. The highest BCUT2D eigenvalue weighted by Crippen LogP contribution is 2.23. The highest BCUT2D eigenvalue weighted by molar-refractivity contribution is 5.97. The minimum absolute atomic E-state index is 0.132. The Morgan fingerprint density at radius 1 is 1.24 bits per heavy atom. The van der Waals surface area contributed by atoms with Crippen LogP contribution in [0.15, 0.2) is 18.2 Å². The van der Waals surface area contributed by atoms with Crippen molar-refractivity contribution in [2.75, 3.05) is 32.5 Å². The van der Waals surface area contributed by atoms with Gasteiger partial charge in [-0.05, 0) is 44.6 Å². The van der Waals surface area contributed by atoms with Crippen molar-refractivity contribution >= 4 is 11.5 Å². The van der Waals surface area contributed by atoms with E-state index in [0.717, 1.165) is 19.5 Å². The van der Waals surface area contributed by atoms with Crippen LogP contribution < -0.4 is 10.5 Å². The van der Waals surface area contributed by atoms with E-state index < -0.39 is 0 Å². The quantitative estimate of drug-likeness (QED) is 0.530. The third kappa shape index (κ3) is 6.17. The third-order valence-corrected chi connectivity index (χ3v) is 3.41. The van der Waals surface area contributed by atoms with Crippen molar-refractivity contribution in [1.29, 1.82) is 0 Å². The van der Waals surface area contributed by atoms with Crippen molar-refractivity contribution in [3.8, 4) is 5.75 Å². The monoisotopic (exact) mass is 292 g/mol. The number of unbranched alkanes of at least 4 members (excludes halogenated alkanes) is 1. The highest BCUT2D eigenvalue weighted by atomic mass is 16.5. The normalized spacial score (nSPS) is 10.9. The minimum Gasteiger partial charge on any atom is -0.491 e. The van der Waals surface area contributed by atoms with Crippen LogP contribution in [0.3, 0.4) is 0 Å². The van der Waals surface area contributed by atoms with Crippen LogP contribution in [-0.4, -0.2) is 37.4 Å². The molecule has 0 aliphatic rings. The fourth-order valence-electron chi connectivity index (χ4n) is 2.04. The molecule has 0 radical (unpaired) electrons. The summed E-state index contributed by atoms with van der Waals surface area (Å²) in [5.41, 5.74) is 7.14. The smallest absolute Gasteiger partial charge is 0.164 e. The van der Waals surface area contributed by atoms with Crippen LogP contribution in [0, 0.1) is 0 Å². The first-order valence-electron chi connectivity index (χ1n) is 7.82. The number of carbonyl (C=O) groups is 1. The summed E-state index contributed by atoms with van der Waals surface area (Å²) >= 11 is 0. The number of ketones is 1. The van der Waals surface area contributed by atoms with E-state index in [1.807, 2.05) is 6.92 Å². The van der Waals surface area contributed by atoms with E-state index in [4.69, 9.17) is 10.5 Å². The number of anilines is 1. The molecule has 0 saturated carbocycles. The number of hydrogen-bond donors (Lipinski definition) is 1. The van der Waals surface area contributed by atoms with Crippen molar-refractivity contribution in [3.05, 3.63) is 23.8 Å². The lowest BCUT2D eigenvalue weighted by molar-refractivity contribution is 0.0969. The van der Waals surface area contributed by atoms with Crippen molar-refractivity contribution in [2.24, 2.45) is 0 Å². The molecule has 0 unspecified atom stereocenters. The lowest BCUT2D eigenvalue weighted by Gasteiger charge is -2.15. The first-order valence-corrected chi connectivity index (χ1v) is 7.82. The molecule has 0 spiro atoms. The standard InChI is InChI=1S/C17H28N2O2/c1-4-6-10-19(3)11-9-16(20)14-7-8-17(15(18)13-14)21-12-5-2/h7-8,13H,4-6,9-12,18H2,1-3H3. The summed E-state index contributed by atoms with van der Waals surface area (Å²) in [6.45, 7) is 6.68. The number of ether oxygens (including phenoxy) is 1. The molecule has 4 heteroatoms. The number of nitrogens with zero attached hydrogens (tertiary/aromatic N) is 1. The summed E-state index contributed by atoms with van der Waals surface area (Å²) in [6.07, 6.45) is 3.80. The molecule has 0 heterocycles. The number of nitrogens with two attached hydrogens (primary N) is 1. The maximum atomic E-state index is 12.2. The van der Waals surface area contributed by atoms with Gasteiger partial charge in [0.05, 0.1) is 12.3 Å². The van der Waals surface area contributed by atoms with Gasteiger partial charge in [-0.2, -0.15) is 0 Å². The summed E-state index contributed by atoms with van der Waals surface area (Å²) in [6, 6.07) is 5.31. The number of nitrogen functional groups attached to an aromatic ring is 1. The fourth-order valence-corrected chi connectivity index (χ4v) is 2.04. The van der Waals surface area contributed by atoms with Gasteiger partial charge in [-0.25, -0.2) is 0 Å². The van der Waals surface area contributed by atoms with Gasteiger partial charge < -0.3 is 15.4 Å². The topological polar surface area (TPSA) is 55.6 Å². The predicted octanol–water partition coefficient (Wildman–Crippen LogP) is 3.36. The average Bonchev–Trinajstić information content (AvgIpc) is 2.49. The fraction of sp³-hybridized carbons (Fsp3) is 0.588. The van der Waals surface area contributed by atoms with Gasteiger partial charge in [0.25, 0.3) is 0 Å². The van der Waals surface area contributed by atoms with Gasteiger partial charge in [-0.1, -0.05) is 20.3 Å². The number of Topliss-reactive ketones (excluding diaryl/α,β-unsaturated/α-hetero) is 1. The molecule has 4 nitrogen and oxygen atoms in total. The Hall–Kier alpha value is -1.55. The van der Waals surface area contributed by atoms with Crippen LogP contribution in [0.25, 0.3) is 0 Å². The van der Waals surface area contributed by atoms with Crippen LogP contribution in [0.4, 0.5) is 5.69 Å². The van der Waals surface area contributed by atoms with Crippen molar-refractivity contribution < 1.29 is 9.53 Å². The van der Waals surface area contributed by atoms with E-state index >= 15 is 0 Å². The zero-order valence-electron chi connectivity index (χ0n) is 13.5. The Morgan fingerprint density at radius 3 is 2.62 bits per heavy atom. The van der Waals surface area contributed by atoms with Crippen LogP contribution in [0.5, 0.6) is 5.75 Å². The molecule has 0 saturated heterocycles. The third-order valence-electron chi connectivity index (χ3n) is 3.41. The molecule has 0 atom stereocenters. The molecule has 1 aromatic rings. The summed E-state index contributed by atoms with van der Waals surface area (Å²) in [4.78, 5) is 14.4. The van der Waals surface area contributed by atoms with Crippen molar-refractivity contribution in [2.45, 2.75) is 39.5 Å². The molecule has 1 aromatic carbocycles. The second kappa shape index (κ2) is 9.40. The van der Waals surface area contributed by atoms with E-state index in [-0.39, 0.29) is 5.78 Å². The second-order valence-electron chi connectivity index (χ2n) is 5.43. The Kier molecular flexibility index (Phi) is 7.83. The average molecular weight is 292 g/mol. The molecular formula is C17H28N2O2. The largest absolute Gasteiger partial charge is 0.491 e. The van der Waals surface area contributed by atoms with Crippen LogP contribution in [-0.2, 0) is 0 Å². The first-order chi connectivity index (χ1) is 10.1. The van der Waals surface area contributed by atoms with E-state index in [0.29, 0.717) is 30.0 Å². The number of hydrogen-bond acceptors (Lipinski definition) is 4. The Morgan fingerprint density at radius 2 is 2.00 bits per heavy atom. The Balaban J connectivity index is 2.52. The molecule has 2 N–H and O–H groups in total. The van der Waals surface area contributed by atoms with Crippen molar-refractivity contribution in [3.63, 3.8) is 0 Å². The van der Waals surface area contributed by atoms with E-state index in [2.05, 4.69) is 18.9 Å². The van der Waals surface area contributed by atoms with Gasteiger partial charge in [0.15, 0.2) is 5.78 Å². The maximum Gasteiger partial charge on any atom is 0.164 e. The Bertz CT molecular complexity index is 446. The number of benzene rings is 1. The molecule has 21 heavy (non-hydrogen) atoms. The zero-order chi connectivity index (χ0) is 15.7. The van der Waals surface area contributed by atoms with Gasteiger partial charge in [-0.3, -0.25) is 4.79 Å². The van der Waals surface area contributed by atoms with Crippen LogP contribution in [0.2, 0.25) is 0 Å². The lowest BCUT2D eigenvalue weighted by atomic mass is 10.1. The minimum atomic E-state index is 0.132. The molecule has 0 aromatic heterocycles. The van der Waals surface area contributed by atoms with E-state index in [1.165, 1.54) is 12.8 Å². The SMILES string of the molecule is CCCCN(C)CCC(=O)c1ccc(OCCC)c(N)c1. The maximum absolute atomic E-state index is 12.2. The van der Waals surface area contributed by atoms with Gasteiger partial charge in [0, 0.05) is 18.5 Å². The molecule has 0 fully saturated rings. The zero-order valence-corrected chi connectivity index (χ0v) is 13.5. The summed E-state index contributed by atoms with van der Waals surface area (Å²) in [7, 11) is 2.05. The van der Waals surface area contributed by atoms with E-state index in [9.17, 15) is 4.79 Å². The van der Waals surface area contributed by atoms with E-state index in [1.54, 1.807) is 18.2 Å². The van der Waals surface area contributed by atoms with Crippen LogP contribution in [0.1, 0.15) is 49.9 Å². The molecule has 0 bridgehead atoms. The Labute approximate surface area is 128 Å². The predicted molar refractivity (Wildman–Crippen MR) is 88.0 cm³/mol. The molecule has 0 aliphatic carbocycles. The van der Waals surface area contributed by atoms with Gasteiger partial charge in [0.2, 0.25) is 0 Å². The van der Waals surface area contributed by atoms with Gasteiger partial charge in [-0.15, -0.1) is 0 Å². The van der Waals surface area contributed by atoms with Crippen LogP contribution >= 0.6 is 0 Å². The van der Waals surface area contributed by atoms with Gasteiger partial charge in [0.1, 0.15) is 5.75 Å². The first kappa shape index (κ1) is 17.5. The summed E-state index contributed by atoms with van der Waals surface area (Å²) in [5, 5.41) is 0. The molecule has 1 rings (SSSR count). The molecule has 118 valence electrons. The molecule has 0 aliphatic heterocycles. The second-order valence-corrected chi connectivity index (χ2v) is 5.43.